The molecule has 0 saturated heterocycles. The molecule has 0 saturated carbocycles. The Labute approximate surface area is 217 Å². The largest absolute Gasteiger partial charge is 0.330 e. The van der Waals surface area contributed by atoms with Crippen molar-refractivity contribution in [3.05, 3.63) is 66.0 Å². The third-order valence-electron chi connectivity index (χ3n) is 5.75. The number of carbonyl (C=O) groups is 1. The van der Waals surface area contributed by atoms with Gasteiger partial charge in [-0.2, -0.15) is 5.10 Å². The summed E-state index contributed by atoms with van der Waals surface area (Å²) in [6.45, 7) is 6.65. The van der Waals surface area contributed by atoms with Crippen LogP contribution in [0, 0.1) is 0 Å². The van der Waals surface area contributed by atoms with E-state index < -0.39 is 22.1 Å². The lowest BCUT2D eigenvalue weighted by Crippen LogP contribution is -2.33. The van der Waals surface area contributed by atoms with Gasteiger partial charge in [0.15, 0.2) is 5.82 Å². The van der Waals surface area contributed by atoms with Gasteiger partial charge in [-0.3, -0.25) is 10.4 Å². The van der Waals surface area contributed by atoms with Gasteiger partial charge in [0.05, 0.1) is 18.3 Å². The number of aromatic amines is 1. The molecule has 2 amide bonds. The first-order valence-corrected chi connectivity index (χ1v) is 14.0. The Morgan fingerprint density at radius 1 is 1.08 bits per heavy atom. The fourth-order valence-electron chi connectivity index (χ4n) is 3.72. The molecule has 0 aliphatic heterocycles. The molecule has 3 rings (SSSR count). The first-order valence-electron chi connectivity index (χ1n) is 12.4. The number of hydrogen-bond acceptors (Lipinski definition) is 8. The van der Waals surface area contributed by atoms with Crippen molar-refractivity contribution in [3.63, 3.8) is 0 Å². The number of hydrogen-bond donors (Lipinski definition) is 4. The highest BCUT2D eigenvalue weighted by molar-refractivity contribution is 7.89. The van der Waals surface area contributed by atoms with E-state index in [0.717, 1.165) is 25.2 Å². The summed E-state index contributed by atoms with van der Waals surface area (Å²) >= 11 is 0. The standard InChI is InChI=1S/C24H35N9O3S/c1-3-33(4-2)16-9-17-37(35,36)32-20(13-12-19-10-6-5-7-11-19)22-28-21(30-31-22)18-27-24(34)29-23-25-14-8-15-26-23/h5-8,10-11,14-15,20,32H,3-4,9,12-13,16-18H2,1-2H3,(H,28,30,31)(H2,25,26,27,29,34)/t20-/m1/s1. The molecule has 0 radical (unpaired) electrons. The molecule has 200 valence electrons. The smallest absolute Gasteiger partial charge is 0.321 e. The van der Waals surface area contributed by atoms with Crippen molar-refractivity contribution in [2.75, 3.05) is 30.7 Å². The maximum atomic E-state index is 12.9. The van der Waals surface area contributed by atoms with Gasteiger partial charge < -0.3 is 10.2 Å². The van der Waals surface area contributed by atoms with Crippen molar-refractivity contribution in [3.8, 4) is 0 Å². The van der Waals surface area contributed by atoms with Crippen LogP contribution in [0.25, 0.3) is 0 Å². The van der Waals surface area contributed by atoms with Crippen LogP contribution in [0.3, 0.4) is 0 Å². The minimum atomic E-state index is -3.55. The van der Waals surface area contributed by atoms with E-state index in [4.69, 9.17) is 0 Å². The van der Waals surface area contributed by atoms with Gasteiger partial charge in [0.1, 0.15) is 5.82 Å². The average molecular weight is 530 g/mol. The van der Waals surface area contributed by atoms with Crippen LogP contribution < -0.4 is 15.4 Å². The minimum Gasteiger partial charge on any atom is -0.330 e. The average Bonchev–Trinajstić information content (AvgIpc) is 3.38. The fourth-order valence-corrected chi connectivity index (χ4v) is 5.01. The highest BCUT2D eigenvalue weighted by atomic mass is 32.2. The number of aromatic nitrogens is 5. The number of sulfonamides is 1. The van der Waals surface area contributed by atoms with E-state index in [-0.39, 0.29) is 18.2 Å². The van der Waals surface area contributed by atoms with E-state index in [0.29, 0.717) is 30.9 Å². The minimum absolute atomic E-state index is 0.0234. The first kappa shape index (κ1) is 28.2. The Kier molecular flexibility index (Phi) is 10.9. The quantitative estimate of drug-likeness (QED) is 0.233. The highest BCUT2D eigenvalue weighted by Gasteiger charge is 2.23. The van der Waals surface area contributed by atoms with E-state index in [1.54, 1.807) is 6.07 Å². The summed E-state index contributed by atoms with van der Waals surface area (Å²) in [7, 11) is -3.55. The SMILES string of the molecule is CCN(CC)CCCS(=O)(=O)N[C@H](CCc1ccccc1)c1nc(CNC(=O)Nc2ncccn2)n[nH]1. The molecule has 2 heterocycles. The van der Waals surface area contributed by atoms with Crippen LogP contribution in [0.2, 0.25) is 0 Å². The van der Waals surface area contributed by atoms with Gasteiger partial charge in [0, 0.05) is 12.4 Å². The van der Waals surface area contributed by atoms with Crippen LogP contribution in [0.4, 0.5) is 10.7 Å². The van der Waals surface area contributed by atoms with Gasteiger partial charge in [-0.1, -0.05) is 44.2 Å². The number of rotatable bonds is 15. The van der Waals surface area contributed by atoms with Crippen LogP contribution in [0.15, 0.2) is 48.8 Å². The van der Waals surface area contributed by atoms with E-state index in [1.807, 2.05) is 30.3 Å². The molecule has 0 bridgehead atoms. The third-order valence-corrected chi connectivity index (χ3v) is 7.22. The van der Waals surface area contributed by atoms with Crippen molar-refractivity contribution >= 4 is 22.0 Å². The second-order valence-corrected chi connectivity index (χ2v) is 10.3. The highest BCUT2D eigenvalue weighted by Crippen LogP contribution is 2.18. The lowest BCUT2D eigenvalue weighted by Gasteiger charge is -2.19. The van der Waals surface area contributed by atoms with Gasteiger partial charge in [-0.25, -0.2) is 32.9 Å². The molecule has 4 N–H and O–H groups in total. The maximum absolute atomic E-state index is 12.9. The van der Waals surface area contributed by atoms with Gasteiger partial charge in [0.25, 0.3) is 0 Å². The van der Waals surface area contributed by atoms with Crippen LogP contribution in [0.5, 0.6) is 0 Å². The predicted molar refractivity (Wildman–Crippen MR) is 141 cm³/mol. The molecule has 0 aliphatic carbocycles. The Balaban J connectivity index is 1.62. The molecular weight excluding hydrogens is 494 g/mol. The lowest BCUT2D eigenvalue weighted by atomic mass is 10.1. The molecule has 2 aromatic heterocycles. The topological polar surface area (TPSA) is 158 Å². The molecule has 0 aliphatic rings. The lowest BCUT2D eigenvalue weighted by molar-refractivity contribution is 0.251. The van der Waals surface area contributed by atoms with Gasteiger partial charge in [-0.15, -0.1) is 0 Å². The van der Waals surface area contributed by atoms with Gasteiger partial charge in [-0.05, 0) is 50.5 Å². The number of urea groups is 1. The summed E-state index contributed by atoms with van der Waals surface area (Å²) < 4.78 is 28.6. The van der Waals surface area contributed by atoms with E-state index in [2.05, 4.69) is 59.3 Å². The molecule has 1 aromatic carbocycles. The van der Waals surface area contributed by atoms with Gasteiger partial charge in [0.2, 0.25) is 16.0 Å². The number of amides is 2. The molecule has 3 aromatic rings. The number of aryl methyl sites for hydroxylation is 1. The normalized spacial score (nSPS) is 12.4. The summed E-state index contributed by atoms with van der Waals surface area (Å²) in [5.41, 5.74) is 1.09. The van der Waals surface area contributed by atoms with Crippen molar-refractivity contribution in [1.29, 1.82) is 0 Å². The first-order chi connectivity index (χ1) is 17.9. The molecule has 0 spiro atoms. The summed E-state index contributed by atoms with van der Waals surface area (Å²) in [4.78, 5) is 26.6. The Morgan fingerprint density at radius 3 is 2.51 bits per heavy atom. The Bertz CT molecular complexity index is 1190. The number of nitrogens with zero attached hydrogens (tertiary/aromatic N) is 5. The Morgan fingerprint density at radius 2 is 1.81 bits per heavy atom. The van der Waals surface area contributed by atoms with Crippen molar-refractivity contribution in [2.24, 2.45) is 0 Å². The summed E-state index contributed by atoms with van der Waals surface area (Å²) in [6, 6.07) is 10.4. The molecule has 0 fully saturated rings. The molecule has 13 heteroatoms. The number of benzene rings is 1. The third kappa shape index (κ3) is 9.86. The number of H-pyrrole nitrogens is 1. The molecule has 1 atom stereocenters. The Hall–Kier alpha value is -3.42. The zero-order valence-corrected chi connectivity index (χ0v) is 22.0. The van der Waals surface area contributed by atoms with Gasteiger partial charge >= 0.3 is 6.03 Å². The van der Waals surface area contributed by atoms with Crippen molar-refractivity contribution < 1.29 is 13.2 Å². The van der Waals surface area contributed by atoms with E-state index in [9.17, 15) is 13.2 Å². The number of anilines is 1. The van der Waals surface area contributed by atoms with E-state index in [1.165, 1.54) is 12.4 Å². The molecular formula is C24H35N9O3S. The fraction of sp³-hybridized carbons (Fsp3) is 0.458. The summed E-state index contributed by atoms with van der Waals surface area (Å²) in [5.74, 6) is 0.916. The number of carbonyl (C=O) groups excluding carboxylic acids is 1. The second-order valence-electron chi connectivity index (χ2n) is 8.41. The van der Waals surface area contributed by atoms with Crippen LogP contribution in [-0.2, 0) is 23.0 Å². The van der Waals surface area contributed by atoms with Crippen molar-refractivity contribution in [1.82, 2.24) is 40.1 Å². The molecule has 0 unspecified atom stereocenters. The summed E-state index contributed by atoms with van der Waals surface area (Å²) in [6.07, 6.45) is 4.72. The summed E-state index contributed by atoms with van der Waals surface area (Å²) in [5, 5.41) is 12.1. The van der Waals surface area contributed by atoms with Crippen LogP contribution in [0.1, 0.15) is 49.9 Å². The van der Waals surface area contributed by atoms with Crippen LogP contribution in [-0.4, -0.2) is 69.9 Å². The second kappa shape index (κ2) is 14.4. The van der Waals surface area contributed by atoms with Crippen molar-refractivity contribution in [2.45, 2.75) is 45.7 Å². The van der Waals surface area contributed by atoms with Crippen LogP contribution >= 0.6 is 0 Å². The zero-order valence-electron chi connectivity index (χ0n) is 21.2. The zero-order chi connectivity index (χ0) is 26.5. The molecule has 37 heavy (non-hydrogen) atoms. The van der Waals surface area contributed by atoms with E-state index >= 15 is 0 Å². The monoisotopic (exact) mass is 529 g/mol. The predicted octanol–water partition coefficient (Wildman–Crippen LogP) is 2.24. The molecule has 12 nitrogen and oxygen atoms in total. The number of nitrogens with one attached hydrogen (secondary N) is 4. The maximum Gasteiger partial charge on any atom is 0.321 e.